The van der Waals surface area contributed by atoms with Crippen molar-refractivity contribution in [2.75, 3.05) is 5.32 Å². The van der Waals surface area contributed by atoms with E-state index in [9.17, 15) is 13.2 Å². The van der Waals surface area contributed by atoms with E-state index in [0.29, 0.717) is 11.6 Å². The minimum atomic E-state index is -4.65. The normalized spacial score (nSPS) is 24.0. The molecule has 0 spiro atoms. The fourth-order valence-corrected chi connectivity index (χ4v) is 2.36. The Morgan fingerprint density at radius 1 is 1.22 bits per heavy atom. The number of alkyl halides is 3. The van der Waals surface area contributed by atoms with Crippen molar-refractivity contribution in [3.63, 3.8) is 0 Å². The van der Waals surface area contributed by atoms with Gasteiger partial charge in [-0.05, 0) is 30.9 Å². The van der Waals surface area contributed by atoms with Crippen molar-refractivity contribution in [1.29, 1.82) is 0 Å². The van der Waals surface area contributed by atoms with Gasteiger partial charge in [-0.15, -0.1) is 13.2 Å². The lowest BCUT2D eigenvalue weighted by molar-refractivity contribution is -0.274. The Labute approximate surface area is 104 Å². The van der Waals surface area contributed by atoms with Gasteiger partial charge in [0, 0.05) is 6.04 Å². The molecule has 1 aliphatic carbocycles. The van der Waals surface area contributed by atoms with E-state index >= 15 is 0 Å². The Kier molecular flexibility index (Phi) is 3.68. The molecular formula is C13H16F3NO. The van der Waals surface area contributed by atoms with E-state index in [-0.39, 0.29) is 11.8 Å². The molecular weight excluding hydrogens is 243 g/mol. The Bertz CT molecular complexity index is 405. The highest BCUT2D eigenvalue weighted by molar-refractivity contribution is 5.57. The van der Waals surface area contributed by atoms with Gasteiger partial charge in [-0.2, -0.15) is 0 Å². The number of rotatable bonds is 3. The maximum absolute atomic E-state index is 12.3. The third kappa shape index (κ3) is 3.31. The van der Waals surface area contributed by atoms with E-state index < -0.39 is 6.36 Å². The molecule has 0 aliphatic heterocycles. The van der Waals surface area contributed by atoms with E-state index in [2.05, 4.69) is 17.0 Å². The van der Waals surface area contributed by atoms with Crippen molar-refractivity contribution >= 4 is 5.69 Å². The van der Waals surface area contributed by atoms with Gasteiger partial charge in [-0.1, -0.05) is 25.5 Å². The smallest absolute Gasteiger partial charge is 0.404 e. The molecule has 1 saturated carbocycles. The molecule has 0 amide bonds. The van der Waals surface area contributed by atoms with Gasteiger partial charge in [-0.25, -0.2) is 0 Å². The van der Waals surface area contributed by atoms with Crippen molar-refractivity contribution in [3.8, 4) is 5.75 Å². The summed E-state index contributed by atoms with van der Waals surface area (Å²) in [4.78, 5) is 0. The van der Waals surface area contributed by atoms with Gasteiger partial charge < -0.3 is 10.1 Å². The van der Waals surface area contributed by atoms with Crippen LogP contribution in [0.3, 0.4) is 0 Å². The highest BCUT2D eigenvalue weighted by Crippen LogP contribution is 2.34. The zero-order valence-corrected chi connectivity index (χ0v) is 10.1. The van der Waals surface area contributed by atoms with E-state index in [1.165, 1.54) is 12.1 Å². The van der Waals surface area contributed by atoms with Crippen molar-refractivity contribution < 1.29 is 17.9 Å². The van der Waals surface area contributed by atoms with Crippen LogP contribution in [0.4, 0.5) is 18.9 Å². The predicted octanol–water partition coefficient (Wildman–Crippen LogP) is 4.19. The van der Waals surface area contributed by atoms with Crippen LogP contribution in [0.1, 0.15) is 26.2 Å². The Morgan fingerprint density at radius 3 is 2.56 bits per heavy atom. The van der Waals surface area contributed by atoms with Crippen LogP contribution < -0.4 is 10.1 Å². The van der Waals surface area contributed by atoms with E-state index in [1.54, 1.807) is 12.1 Å². The van der Waals surface area contributed by atoms with E-state index in [1.807, 2.05) is 0 Å². The summed E-state index contributed by atoms with van der Waals surface area (Å²) in [6.07, 6.45) is -1.44. The first kappa shape index (κ1) is 13.1. The second kappa shape index (κ2) is 5.08. The number of anilines is 1. The minimum Gasteiger partial charge on any atom is -0.404 e. The lowest BCUT2D eigenvalue weighted by Crippen LogP contribution is -2.23. The van der Waals surface area contributed by atoms with E-state index in [0.717, 1.165) is 19.3 Å². The number of hydrogen-bond donors (Lipinski definition) is 1. The molecule has 1 aromatic rings. The second-order valence-electron chi connectivity index (χ2n) is 4.70. The van der Waals surface area contributed by atoms with Crippen LogP contribution in [-0.4, -0.2) is 12.4 Å². The summed E-state index contributed by atoms with van der Waals surface area (Å²) in [6.45, 7) is 2.11. The molecule has 0 bridgehead atoms. The van der Waals surface area contributed by atoms with Crippen LogP contribution in [0.5, 0.6) is 5.75 Å². The summed E-state index contributed by atoms with van der Waals surface area (Å²) >= 11 is 0. The monoisotopic (exact) mass is 259 g/mol. The molecule has 0 saturated heterocycles. The third-order valence-electron chi connectivity index (χ3n) is 3.32. The fraction of sp³-hybridized carbons (Fsp3) is 0.538. The van der Waals surface area contributed by atoms with Crippen molar-refractivity contribution in [2.24, 2.45) is 5.92 Å². The summed E-state index contributed by atoms with van der Waals surface area (Å²) in [7, 11) is 0. The van der Waals surface area contributed by atoms with Crippen molar-refractivity contribution in [2.45, 2.75) is 38.6 Å². The summed E-state index contributed by atoms with van der Waals surface area (Å²) in [6, 6.07) is 6.40. The molecule has 1 aromatic carbocycles. The molecule has 2 nitrogen and oxygen atoms in total. The van der Waals surface area contributed by atoms with Crippen LogP contribution in [-0.2, 0) is 0 Å². The molecule has 2 unspecified atom stereocenters. The lowest BCUT2D eigenvalue weighted by Gasteiger charge is -2.21. The van der Waals surface area contributed by atoms with Crippen molar-refractivity contribution in [1.82, 2.24) is 0 Å². The molecule has 1 N–H and O–H groups in total. The topological polar surface area (TPSA) is 21.3 Å². The number of para-hydroxylation sites is 2. The highest BCUT2D eigenvalue weighted by Gasteiger charge is 2.32. The zero-order valence-electron chi connectivity index (χ0n) is 10.1. The summed E-state index contributed by atoms with van der Waals surface area (Å²) in [5.74, 6) is 0.313. The van der Waals surface area contributed by atoms with Crippen LogP contribution >= 0.6 is 0 Å². The Morgan fingerprint density at radius 2 is 1.94 bits per heavy atom. The molecule has 1 fully saturated rings. The molecule has 5 heteroatoms. The summed E-state index contributed by atoms with van der Waals surface area (Å²) in [5.41, 5.74) is 0.411. The summed E-state index contributed by atoms with van der Waals surface area (Å²) < 4.78 is 40.8. The molecule has 100 valence electrons. The molecule has 18 heavy (non-hydrogen) atoms. The van der Waals surface area contributed by atoms with Gasteiger partial charge in [0.25, 0.3) is 0 Å². The fourth-order valence-electron chi connectivity index (χ4n) is 2.36. The highest BCUT2D eigenvalue weighted by atomic mass is 19.4. The van der Waals surface area contributed by atoms with Gasteiger partial charge in [0.15, 0.2) is 5.75 Å². The number of ether oxygens (including phenoxy) is 1. The number of halogens is 3. The van der Waals surface area contributed by atoms with Gasteiger partial charge in [0.05, 0.1) is 5.69 Å². The predicted molar refractivity (Wildman–Crippen MR) is 63.6 cm³/mol. The molecule has 0 aromatic heterocycles. The van der Waals surface area contributed by atoms with Crippen LogP contribution in [0.25, 0.3) is 0 Å². The molecule has 1 aliphatic rings. The van der Waals surface area contributed by atoms with Crippen LogP contribution in [0.2, 0.25) is 0 Å². The van der Waals surface area contributed by atoms with Crippen LogP contribution in [0, 0.1) is 5.92 Å². The van der Waals surface area contributed by atoms with Gasteiger partial charge in [0.1, 0.15) is 0 Å². The molecule has 0 heterocycles. The van der Waals surface area contributed by atoms with Gasteiger partial charge in [0.2, 0.25) is 0 Å². The number of benzene rings is 1. The van der Waals surface area contributed by atoms with Gasteiger partial charge >= 0.3 is 6.36 Å². The van der Waals surface area contributed by atoms with E-state index in [4.69, 9.17) is 0 Å². The second-order valence-corrected chi connectivity index (χ2v) is 4.70. The quantitative estimate of drug-likeness (QED) is 0.879. The maximum atomic E-state index is 12.3. The van der Waals surface area contributed by atoms with Gasteiger partial charge in [-0.3, -0.25) is 0 Å². The number of nitrogens with one attached hydrogen (secondary N) is 1. The lowest BCUT2D eigenvalue weighted by atomic mass is 10.1. The SMILES string of the molecule is CC1CCCC1Nc1ccccc1OC(F)(F)F. The average molecular weight is 259 g/mol. The molecule has 2 rings (SSSR count). The largest absolute Gasteiger partial charge is 0.573 e. The van der Waals surface area contributed by atoms with Crippen LogP contribution in [0.15, 0.2) is 24.3 Å². The molecule has 0 radical (unpaired) electrons. The third-order valence-corrected chi connectivity index (χ3v) is 3.32. The zero-order chi connectivity index (χ0) is 13.2. The first-order valence-electron chi connectivity index (χ1n) is 6.07. The Balaban J connectivity index is 2.12. The summed E-state index contributed by atoms with van der Waals surface area (Å²) in [5, 5.41) is 3.16. The first-order chi connectivity index (χ1) is 8.46. The van der Waals surface area contributed by atoms with Crippen molar-refractivity contribution in [3.05, 3.63) is 24.3 Å². The minimum absolute atomic E-state index is 0.163. The maximum Gasteiger partial charge on any atom is 0.573 e. The molecule has 2 atom stereocenters. The number of hydrogen-bond acceptors (Lipinski definition) is 2. The average Bonchev–Trinajstić information content (AvgIpc) is 2.65. The first-order valence-corrected chi connectivity index (χ1v) is 6.07. The standard InChI is InChI=1S/C13H16F3NO/c1-9-5-4-7-10(9)17-11-6-2-3-8-12(11)18-13(14,15)16/h2-3,6,8-10,17H,4-5,7H2,1H3. The Hall–Kier alpha value is -1.39.